The number of carbonyl (C=O) groups excluding carboxylic acids is 1. The zero-order chi connectivity index (χ0) is 14.3. The third kappa shape index (κ3) is 6.75. The molecule has 5 N–H and O–H groups in total. The van der Waals surface area contributed by atoms with Gasteiger partial charge in [-0.1, -0.05) is 13.0 Å². The Kier molecular flexibility index (Phi) is 5.74. The molecule has 0 spiro atoms. The summed E-state index contributed by atoms with van der Waals surface area (Å²) in [5, 5.41) is 10.5. The highest BCUT2D eigenvalue weighted by molar-refractivity contribution is 7.90. The summed E-state index contributed by atoms with van der Waals surface area (Å²) < 4.78 is 23.9. The fraction of sp³-hybridized carbons (Fsp3) is 0.364. The van der Waals surface area contributed by atoms with E-state index in [0.717, 1.165) is 13.0 Å². The first-order valence-corrected chi connectivity index (χ1v) is 7.36. The lowest BCUT2D eigenvalue weighted by Crippen LogP contribution is -2.28. The number of amides is 1. The summed E-state index contributed by atoms with van der Waals surface area (Å²) in [5.41, 5.74) is 0.791. The Labute approximate surface area is 112 Å². The molecule has 8 heteroatoms. The number of nitrogens with two attached hydrogens (primary N) is 1. The fourth-order valence-corrected chi connectivity index (χ4v) is 1.86. The van der Waals surface area contributed by atoms with E-state index in [-0.39, 0.29) is 12.5 Å². The Morgan fingerprint density at radius 3 is 2.63 bits per heavy atom. The van der Waals surface area contributed by atoms with E-state index in [1.54, 1.807) is 12.1 Å². The largest absolute Gasteiger partial charge is 0.325 e. The van der Waals surface area contributed by atoms with Gasteiger partial charge in [-0.2, -0.15) is 8.42 Å². The average molecular weight is 286 g/mol. The van der Waals surface area contributed by atoms with Gasteiger partial charge in [-0.15, -0.1) is 0 Å². The van der Waals surface area contributed by atoms with Crippen molar-refractivity contribution in [2.75, 3.05) is 23.1 Å². The normalized spacial score (nSPS) is 11.1. The van der Waals surface area contributed by atoms with Gasteiger partial charge >= 0.3 is 0 Å². The third-order valence-corrected chi connectivity index (χ3v) is 2.64. The maximum atomic E-state index is 11.5. The van der Waals surface area contributed by atoms with Crippen LogP contribution in [0, 0.1) is 0 Å². The lowest BCUT2D eigenvalue weighted by atomic mass is 10.3. The summed E-state index contributed by atoms with van der Waals surface area (Å²) in [6, 6.07) is 6.30. The Balaban J connectivity index is 2.59. The van der Waals surface area contributed by atoms with Crippen molar-refractivity contribution in [2.45, 2.75) is 13.3 Å². The fourth-order valence-electron chi connectivity index (χ4n) is 1.41. The highest BCUT2D eigenvalue weighted by atomic mass is 32.2. The van der Waals surface area contributed by atoms with Crippen molar-refractivity contribution in [1.29, 1.82) is 0 Å². The first-order chi connectivity index (χ1) is 8.90. The van der Waals surface area contributed by atoms with Crippen LogP contribution in [-0.2, 0) is 15.0 Å². The van der Waals surface area contributed by atoms with Crippen LogP contribution in [-0.4, -0.2) is 27.4 Å². The van der Waals surface area contributed by atoms with Crippen LogP contribution in [0.2, 0.25) is 0 Å². The zero-order valence-corrected chi connectivity index (χ0v) is 11.5. The summed E-state index contributed by atoms with van der Waals surface area (Å²) in [4.78, 5) is 11.5. The highest BCUT2D eigenvalue weighted by Crippen LogP contribution is 2.15. The van der Waals surface area contributed by atoms with Gasteiger partial charge < -0.3 is 10.6 Å². The monoisotopic (exact) mass is 286 g/mol. The van der Waals surface area contributed by atoms with Gasteiger partial charge in [-0.05, 0) is 31.2 Å². The first-order valence-electron chi connectivity index (χ1n) is 5.82. The SMILES string of the molecule is CCCNCC(=O)Nc1cccc(NS(N)(=O)=O)c1. The van der Waals surface area contributed by atoms with Crippen LogP contribution >= 0.6 is 0 Å². The summed E-state index contributed by atoms with van der Waals surface area (Å²) in [7, 11) is -3.82. The van der Waals surface area contributed by atoms with Gasteiger partial charge in [0.25, 0.3) is 10.2 Å². The molecule has 0 bridgehead atoms. The number of hydrogen-bond donors (Lipinski definition) is 4. The molecule has 0 saturated carbocycles. The molecule has 1 rings (SSSR count). The summed E-state index contributed by atoms with van der Waals surface area (Å²) >= 11 is 0. The predicted molar refractivity (Wildman–Crippen MR) is 75.0 cm³/mol. The lowest BCUT2D eigenvalue weighted by Gasteiger charge is -2.08. The van der Waals surface area contributed by atoms with Gasteiger partial charge in [0.1, 0.15) is 0 Å². The van der Waals surface area contributed by atoms with Crippen LogP contribution < -0.4 is 20.5 Å². The number of anilines is 2. The minimum atomic E-state index is -3.82. The van der Waals surface area contributed by atoms with Crippen molar-refractivity contribution >= 4 is 27.5 Å². The molecule has 1 aromatic rings. The van der Waals surface area contributed by atoms with Crippen LogP contribution in [0.25, 0.3) is 0 Å². The number of benzene rings is 1. The van der Waals surface area contributed by atoms with Crippen molar-refractivity contribution in [3.05, 3.63) is 24.3 Å². The molecule has 1 amide bonds. The van der Waals surface area contributed by atoms with Crippen LogP contribution in [0.15, 0.2) is 24.3 Å². The van der Waals surface area contributed by atoms with Crippen molar-refractivity contribution in [3.63, 3.8) is 0 Å². The number of rotatable bonds is 7. The smallest absolute Gasteiger partial charge is 0.296 e. The molecule has 0 unspecified atom stereocenters. The van der Waals surface area contributed by atoms with Crippen LogP contribution in [0.3, 0.4) is 0 Å². The molecule has 1 aromatic carbocycles. The summed E-state index contributed by atoms with van der Waals surface area (Å²) in [6.45, 7) is 2.98. The molecule has 0 fully saturated rings. The highest BCUT2D eigenvalue weighted by Gasteiger charge is 2.05. The van der Waals surface area contributed by atoms with Crippen LogP contribution in [0.4, 0.5) is 11.4 Å². The van der Waals surface area contributed by atoms with Gasteiger partial charge in [0, 0.05) is 5.69 Å². The molecule has 106 valence electrons. The molecular weight excluding hydrogens is 268 g/mol. The van der Waals surface area contributed by atoms with Gasteiger partial charge in [0.15, 0.2) is 0 Å². The second kappa shape index (κ2) is 7.07. The minimum absolute atomic E-state index is 0.193. The Morgan fingerprint density at radius 2 is 2.00 bits per heavy atom. The Morgan fingerprint density at radius 1 is 1.32 bits per heavy atom. The second-order valence-corrected chi connectivity index (χ2v) is 5.25. The molecule has 0 aliphatic carbocycles. The Bertz CT molecular complexity index is 530. The summed E-state index contributed by atoms with van der Waals surface area (Å²) in [5.74, 6) is -0.193. The molecule has 0 aliphatic rings. The molecule has 19 heavy (non-hydrogen) atoms. The number of carbonyl (C=O) groups is 1. The number of hydrogen-bond acceptors (Lipinski definition) is 4. The predicted octanol–water partition coefficient (Wildman–Crippen LogP) is 0.240. The average Bonchev–Trinajstić information content (AvgIpc) is 2.27. The molecule has 0 aromatic heterocycles. The molecule has 0 heterocycles. The van der Waals surface area contributed by atoms with Crippen molar-refractivity contribution < 1.29 is 13.2 Å². The topological polar surface area (TPSA) is 113 Å². The van der Waals surface area contributed by atoms with E-state index in [1.165, 1.54) is 12.1 Å². The maximum Gasteiger partial charge on any atom is 0.296 e. The van der Waals surface area contributed by atoms with E-state index >= 15 is 0 Å². The van der Waals surface area contributed by atoms with Crippen molar-refractivity contribution in [3.8, 4) is 0 Å². The van der Waals surface area contributed by atoms with Crippen LogP contribution in [0.5, 0.6) is 0 Å². The van der Waals surface area contributed by atoms with Crippen molar-refractivity contribution in [2.24, 2.45) is 5.14 Å². The second-order valence-electron chi connectivity index (χ2n) is 3.95. The van der Waals surface area contributed by atoms with E-state index in [2.05, 4.69) is 15.4 Å². The van der Waals surface area contributed by atoms with Gasteiger partial charge in [-0.3, -0.25) is 9.52 Å². The molecule has 0 atom stereocenters. The van der Waals surface area contributed by atoms with E-state index in [9.17, 15) is 13.2 Å². The van der Waals surface area contributed by atoms with E-state index in [4.69, 9.17) is 5.14 Å². The minimum Gasteiger partial charge on any atom is -0.325 e. The quantitative estimate of drug-likeness (QED) is 0.538. The van der Waals surface area contributed by atoms with Gasteiger partial charge in [-0.25, -0.2) is 5.14 Å². The third-order valence-electron chi connectivity index (χ3n) is 2.12. The van der Waals surface area contributed by atoms with E-state index in [0.29, 0.717) is 11.4 Å². The molecular formula is C11H18N4O3S. The molecule has 7 nitrogen and oxygen atoms in total. The first kappa shape index (κ1) is 15.4. The Hall–Kier alpha value is -1.64. The standard InChI is InChI=1S/C11H18N4O3S/c1-2-6-13-8-11(16)14-9-4-3-5-10(7-9)15-19(12,17)18/h3-5,7,13,15H,2,6,8H2,1H3,(H,14,16)(H2,12,17,18). The lowest BCUT2D eigenvalue weighted by molar-refractivity contribution is -0.115. The van der Waals surface area contributed by atoms with Crippen LogP contribution in [0.1, 0.15) is 13.3 Å². The van der Waals surface area contributed by atoms with Gasteiger partial charge in [0.05, 0.1) is 12.2 Å². The molecule has 0 aliphatic heterocycles. The van der Waals surface area contributed by atoms with E-state index < -0.39 is 10.2 Å². The van der Waals surface area contributed by atoms with Gasteiger partial charge in [0.2, 0.25) is 5.91 Å². The zero-order valence-electron chi connectivity index (χ0n) is 10.6. The number of nitrogens with one attached hydrogen (secondary N) is 3. The van der Waals surface area contributed by atoms with E-state index in [1.807, 2.05) is 6.92 Å². The molecule has 0 saturated heterocycles. The maximum absolute atomic E-state index is 11.5. The summed E-state index contributed by atoms with van der Waals surface area (Å²) in [6.07, 6.45) is 0.945. The molecule has 0 radical (unpaired) electrons. The van der Waals surface area contributed by atoms with Crippen molar-refractivity contribution in [1.82, 2.24) is 5.32 Å².